The second kappa shape index (κ2) is 2.84. The van der Waals surface area contributed by atoms with Gasteiger partial charge in [-0.2, -0.15) is 0 Å². The number of hydrogen-bond donors (Lipinski definition) is 1. The monoisotopic (exact) mass is 165 g/mol. The molecule has 0 fully saturated rings. The van der Waals surface area contributed by atoms with Gasteiger partial charge in [-0.1, -0.05) is 0 Å². The number of rotatable bonds is 2. The van der Waals surface area contributed by atoms with E-state index in [4.69, 9.17) is 0 Å². The molecule has 0 spiro atoms. The Labute approximate surface area is 68.1 Å². The van der Waals surface area contributed by atoms with Gasteiger partial charge >= 0.3 is 0 Å². The Hall–Kier alpha value is -1.16. The smallest absolute Gasteiger partial charge is 0.0984 e. The number of thiazole rings is 1. The Morgan fingerprint density at radius 1 is 1.55 bits per heavy atom. The zero-order valence-corrected chi connectivity index (χ0v) is 6.64. The first-order valence-corrected chi connectivity index (χ1v) is 4.19. The molecule has 0 radical (unpaired) electrons. The third-order valence-electron chi connectivity index (χ3n) is 1.38. The van der Waals surface area contributed by atoms with E-state index in [1.807, 2.05) is 17.8 Å². The summed E-state index contributed by atoms with van der Waals surface area (Å²) in [6, 6.07) is 0. The lowest BCUT2D eigenvalue weighted by atomic mass is 10.3. The van der Waals surface area contributed by atoms with Gasteiger partial charge in [-0.3, -0.25) is 0 Å². The number of nitrogens with zero attached hydrogens (tertiary/aromatic N) is 2. The molecule has 3 nitrogen and oxygen atoms in total. The molecule has 0 saturated carbocycles. The quantitative estimate of drug-likeness (QED) is 0.731. The van der Waals surface area contributed by atoms with Gasteiger partial charge < -0.3 is 4.98 Å². The maximum absolute atomic E-state index is 4.16. The number of imidazole rings is 1. The van der Waals surface area contributed by atoms with Crippen LogP contribution < -0.4 is 0 Å². The second-order valence-corrected chi connectivity index (χ2v) is 3.16. The van der Waals surface area contributed by atoms with E-state index >= 15 is 0 Å². The normalized spacial score (nSPS) is 10.2. The molecule has 0 aliphatic carbocycles. The van der Waals surface area contributed by atoms with E-state index in [1.165, 1.54) is 0 Å². The fourth-order valence-corrected chi connectivity index (χ4v) is 1.52. The molecular weight excluding hydrogens is 158 g/mol. The summed E-state index contributed by atoms with van der Waals surface area (Å²) >= 11 is 1.66. The van der Waals surface area contributed by atoms with E-state index in [0.717, 1.165) is 17.1 Å². The van der Waals surface area contributed by atoms with E-state index < -0.39 is 0 Å². The fourth-order valence-electron chi connectivity index (χ4n) is 0.885. The van der Waals surface area contributed by atoms with Gasteiger partial charge in [0.2, 0.25) is 0 Å². The molecule has 2 rings (SSSR count). The Kier molecular flexibility index (Phi) is 1.69. The summed E-state index contributed by atoms with van der Waals surface area (Å²) in [5.74, 6) is 0. The van der Waals surface area contributed by atoms with Crippen molar-refractivity contribution in [3.05, 3.63) is 34.8 Å². The lowest BCUT2D eigenvalue weighted by Gasteiger charge is -1.88. The van der Waals surface area contributed by atoms with Gasteiger partial charge in [-0.15, -0.1) is 11.3 Å². The molecule has 2 heterocycles. The van der Waals surface area contributed by atoms with Crippen molar-refractivity contribution in [2.45, 2.75) is 6.42 Å². The summed E-state index contributed by atoms with van der Waals surface area (Å²) in [7, 11) is 0. The molecule has 56 valence electrons. The topological polar surface area (TPSA) is 41.6 Å². The zero-order chi connectivity index (χ0) is 7.52. The van der Waals surface area contributed by atoms with Gasteiger partial charge in [-0.25, -0.2) is 9.97 Å². The maximum atomic E-state index is 4.16. The molecule has 0 amide bonds. The van der Waals surface area contributed by atoms with Crippen LogP contribution in [0.1, 0.15) is 10.7 Å². The van der Waals surface area contributed by atoms with Crippen LogP contribution in [-0.4, -0.2) is 15.0 Å². The average Bonchev–Trinajstić information content (AvgIpc) is 2.60. The number of nitrogens with one attached hydrogen (secondary N) is 1. The van der Waals surface area contributed by atoms with Gasteiger partial charge in [0.15, 0.2) is 0 Å². The molecule has 4 heteroatoms. The van der Waals surface area contributed by atoms with E-state index in [1.54, 1.807) is 17.7 Å². The summed E-state index contributed by atoms with van der Waals surface area (Å²) in [6.45, 7) is 0. The molecule has 0 aromatic carbocycles. The van der Waals surface area contributed by atoms with Crippen LogP contribution >= 0.6 is 11.3 Å². The second-order valence-electron chi connectivity index (χ2n) is 2.18. The number of aromatic nitrogens is 3. The molecule has 1 N–H and O–H groups in total. The molecule has 0 aliphatic heterocycles. The van der Waals surface area contributed by atoms with Gasteiger partial charge in [0, 0.05) is 29.9 Å². The highest BCUT2D eigenvalue weighted by molar-refractivity contribution is 7.09. The van der Waals surface area contributed by atoms with Crippen LogP contribution in [0.15, 0.2) is 24.1 Å². The molecule has 0 bridgehead atoms. The van der Waals surface area contributed by atoms with Crippen LogP contribution in [0.25, 0.3) is 0 Å². The molecule has 2 aromatic heterocycles. The third-order valence-corrected chi connectivity index (χ3v) is 2.16. The summed E-state index contributed by atoms with van der Waals surface area (Å²) in [5, 5.41) is 3.10. The summed E-state index contributed by atoms with van der Waals surface area (Å²) < 4.78 is 0. The highest BCUT2D eigenvalue weighted by Gasteiger charge is 1.97. The van der Waals surface area contributed by atoms with Crippen molar-refractivity contribution < 1.29 is 0 Å². The van der Waals surface area contributed by atoms with E-state index in [-0.39, 0.29) is 0 Å². The zero-order valence-electron chi connectivity index (χ0n) is 5.82. The van der Waals surface area contributed by atoms with Crippen molar-refractivity contribution in [3.63, 3.8) is 0 Å². The van der Waals surface area contributed by atoms with Gasteiger partial charge in [0.1, 0.15) is 0 Å². The maximum Gasteiger partial charge on any atom is 0.0984 e. The Balaban J connectivity index is 2.14. The standard InChI is InChI=1S/C7H7N3S/c1-2-11-7(9-1)3-6-4-8-5-10-6/h1-2,4-5H,3H2,(H,8,10). The molecule has 0 unspecified atom stereocenters. The van der Waals surface area contributed by atoms with Crippen molar-refractivity contribution >= 4 is 11.3 Å². The average molecular weight is 165 g/mol. The third kappa shape index (κ3) is 1.46. The lowest BCUT2D eigenvalue weighted by Crippen LogP contribution is -1.85. The summed E-state index contributed by atoms with van der Waals surface area (Å²) in [4.78, 5) is 11.1. The fraction of sp³-hybridized carbons (Fsp3) is 0.143. The predicted molar refractivity (Wildman–Crippen MR) is 43.5 cm³/mol. The predicted octanol–water partition coefficient (Wildman–Crippen LogP) is 1.46. The van der Waals surface area contributed by atoms with E-state index in [9.17, 15) is 0 Å². The van der Waals surface area contributed by atoms with Crippen LogP contribution in [0.4, 0.5) is 0 Å². The first kappa shape index (κ1) is 6.54. The largest absolute Gasteiger partial charge is 0.348 e. The molecule has 0 aliphatic rings. The SMILES string of the molecule is c1csc(Cc2cnc[nH]2)n1. The van der Waals surface area contributed by atoms with E-state index in [2.05, 4.69) is 15.0 Å². The minimum absolute atomic E-state index is 0.859. The van der Waals surface area contributed by atoms with Crippen molar-refractivity contribution in [2.24, 2.45) is 0 Å². The highest BCUT2D eigenvalue weighted by Crippen LogP contribution is 2.08. The molecule has 0 atom stereocenters. The van der Waals surface area contributed by atoms with Crippen molar-refractivity contribution in [1.82, 2.24) is 15.0 Å². The van der Waals surface area contributed by atoms with Gasteiger partial charge in [0.25, 0.3) is 0 Å². The molecular formula is C7H7N3S. The van der Waals surface area contributed by atoms with E-state index in [0.29, 0.717) is 0 Å². The van der Waals surface area contributed by atoms with Crippen LogP contribution in [0, 0.1) is 0 Å². The number of hydrogen-bond acceptors (Lipinski definition) is 3. The summed E-state index contributed by atoms with van der Waals surface area (Å²) in [6.07, 6.45) is 6.18. The molecule has 11 heavy (non-hydrogen) atoms. The van der Waals surface area contributed by atoms with Crippen LogP contribution in [0.5, 0.6) is 0 Å². The van der Waals surface area contributed by atoms with Crippen LogP contribution in [-0.2, 0) is 6.42 Å². The van der Waals surface area contributed by atoms with Crippen molar-refractivity contribution in [1.29, 1.82) is 0 Å². The number of H-pyrrole nitrogens is 1. The first-order valence-electron chi connectivity index (χ1n) is 3.31. The Bertz CT molecular complexity index is 266. The molecule has 2 aromatic rings. The minimum Gasteiger partial charge on any atom is -0.348 e. The highest BCUT2D eigenvalue weighted by atomic mass is 32.1. The Morgan fingerprint density at radius 3 is 3.18 bits per heavy atom. The van der Waals surface area contributed by atoms with Crippen molar-refractivity contribution in [3.8, 4) is 0 Å². The lowest BCUT2D eigenvalue weighted by molar-refractivity contribution is 1.08. The van der Waals surface area contributed by atoms with Gasteiger partial charge in [-0.05, 0) is 0 Å². The Morgan fingerprint density at radius 2 is 2.55 bits per heavy atom. The van der Waals surface area contributed by atoms with Crippen molar-refractivity contribution in [2.75, 3.05) is 0 Å². The number of aromatic amines is 1. The van der Waals surface area contributed by atoms with Gasteiger partial charge in [0.05, 0.1) is 11.3 Å². The van der Waals surface area contributed by atoms with Crippen LogP contribution in [0.3, 0.4) is 0 Å². The first-order chi connectivity index (χ1) is 5.45. The molecule has 0 saturated heterocycles. The minimum atomic E-state index is 0.859. The van der Waals surface area contributed by atoms with Crippen LogP contribution in [0.2, 0.25) is 0 Å². The summed E-state index contributed by atoms with van der Waals surface area (Å²) in [5.41, 5.74) is 1.11.